The zero-order valence-electron chi connectivity index (χ0n) is 67.8. The van der Waals surface area contributed by atoms with Crippen LogP contribution in [0.15, 0.2) is 71.4 Å². The highest BCUT2D eigenvalue weighted by Crippen LogP contribution is 2.75. The number of esters is 4. The molecule has 0 saturated heterocycles. The van der Waals surface area contributed by atoms with Crippen LogP contribution in [0.25, 0.3) is 0 Å². The van der Waals surface area contributed by atoms with Gasteiger partial charge in [0.1, 0.15) is 12.2 Å². The van der Waals surface area contributed by atoms with E-state index in [9.17, 15) is 59.1 Å². The summed E-state index contributed by atoms with van der Waals surface area (Å²) in [6.07, 6.45) is 27.0. The first-order valence-corrected chi connectivity index (χ1v) is 41.9. The first-order valence-electron chi connectivity index (χ1n) is 40.6. The lowest BCUT2D eigenvalue weighted by Gasteiger charge is -2.64. The maximum Gasteiger partial charge on any atom is 0.306 e. The molecule has 0 amide bonds. The summed E-state index contributed by atoms with van der Waals surface area (Å²) < 4.78 is 40.1. The normalized spacial score (nSPS) is 43.7. The number of carbonyl (C=O) groups excluding carboxylic acids is 7. The van der Waals surface area contributed by atoms with E-state index in [4.69, 9.17) is 53.8 Å². The molecule has 0 bridgehead atoms. The molecule has 0 spiro atoms. The van der Waals surface area contributed by atoms with E-state index < -0.39 is 147 Å². The first kappa shape index (κ1) is 90.1. The van der Waals surface area contributed by atoms with Gasteiger partial charge in [-0.25, -0.2) is 4.39 Å². The number of fused-ring (bicyclic) bond motifs is 15. The summed E-state index contributed by atoms with van der Waals surface area (Å²) in [5.74, 6) is -5.87. The van der Waals surface area contributed by atoms with E-state index in [0.29, 0.717) is 44.9 Å². The fourth-order valence-electron chi connectivity index (χ4n) is 23.7. The van der Waals surface area contributed by atoms with E-state index in [1.165, 1.54) is 30.4 Å². The molecule has 20 heteroatoms. The molecular formula is C87H132Cl3FO16. The number of ketones is 3. The van der Waals surface area contributed by atoms with Crippen molar-refractivity contribution in [2.45, 2.75) is 310 Å². The standard InChI is InChI=1S/C28H38ClFO6.C28H39ClO6.C22H31ClO4.3C3H8/c1-6-22(33)35-15-21(32)28(36-23(34)7-2)16(3)12-18-24-19(29)13-17-10-8-9-11-25(17,4)27(24,30)20(31)14-26(18,28)5;1-6-22(32)34-15-21(31)28(35-23(33)7-2)16(3)12-18-24-19(29)13-17-10-8-9-11-26(17,4)25(24)20(30)14-27(18,28)5;1-12-8-14-18-15(23)9-13-6-4-5-7-20(13,2)19(18)16(25)10-21(14,3)22(12,27)17(26)11-24;3*1-3-2/h8-10,16,18-20,24,31H,6-7,11-15H2,1-5H3;9-11,16,18-20,24-25,30H,6-8,12-15H2,1-5H3;5-7,12,14-16,18-19,24-25,27H,4,8-11H2,1-3H3;3*3H2,1-2H3/t16-,18+,19-,20+,24-,25+,26+,27-,28+;16-,18+,19-,20+,24-,25+,26+,27+,28+;12-,14+,15-,16+,18-,19+,20+,21+,22+;;;/m111.../s1. The summed E-state index contributed by atoms with van der Waals surface area (Å²) in [6.45, 7) is 35.3. The second kappa shape index (κ2) is 35.1. The number of aliphatic hydroxyl groups is 5. The number of carbonyl (C=O) groups is 7. The molecule has 0 unspecified atom stereocenters. The van der Waals surface area contributed by atoms with Crippen molar-refractivity contribution in [1.82, 2.24) is 0 Å². The van der Waals surface area contributed by atoms with Gasteiger partial charge < -0.3 is 44.5 Å². The quantitative estimate of drug-likeness (QED) is 0.0469. The Morgan fingerprint density at radius 3 is 1.31 bits per heavy atom. The second-order valence-corrected chi connectivity index (χ2v) is 36.5. The van der Waals surface area contributed by atoms with Gasteiger partial charge in [0.15, 0.2) is 35.9 Å². The fourth-order valence-corrected chi connectivity index (χ4v) is 25.2. The van der Waals surface area contributed by atoms with Gasteiger partial charge >= 0.3 is 23.9 Å². The molecule has 107 heavy (non-hydrogen) atoms. The Balaban J connectivity index is 0.000000213. The summed E-state index contributed by atoms with van der Waals surface area (Å²) in [5, 5.41) is 54.7. The van der Waals surface area contributed by atoms with Gasteiger partial charge in [-0.3, -0.25) is 33.6 Å². The van der Waals surface area contributed by atoms with E-state index in [0.717, 1.165) is 31.3 Å². The molecule has 9 fully saturated rings. The van der Waals surface area contributed by atoms with Crippen LogP contribution in [0.4, 0.5) is 4.39 Å². The average Bonchev–Trinajstić information content (AvgIpc) is 1.61. The van der Waals surface area contributed by atoms with Gasteiger partial charge in [0, 0.05) is 104 Å². The fraction of sp³-hybridized carbons (Fsp3) is 0.782. The van der Waals surface area contributed by atoms with Crippen LogP contribution < -0.4 is 0 Å². The highest BCUT2D eigenvalue weighted by atomic mass is 35.5. The average molecular weight is 1560 g/mol. The summed E-state index contributed by atoms with van der Waals surface area (Å²) in [6, 6.07) is 0. The lowest BCUT2D eigenvalue weighted by molar-refractivity contribution is -0.233. The number of alkyl halides is 4. The molecule has 0 heterocycles. The zero-order valence-corrected chi connectivity index (χ0v) is 70.1. The molecule has 12 aliphatic rings. The Morgan fingerprint density at radius 2 is 0.888 bits per heavy atom. The van der Waals surface area contributed by atoms with Crippen LogP contribution in [-0.2, 0) is 52.5 Å². The van der Waals surface area contributed by atoms with Crippen molar-refractivity contribution in [2.24, 2.45) is 97.6 Å². The van der Waals surface area contributed by atoms with Crippen molar-refractivity contribution < 1.29 is 82.4 Å². The van der Waals surface area contributed by atoms with E-state index in [-0.39, 0.29) is 101 Å². The molecule has 604 valence electrons. The number of rotatable bonds is 14. The molecule has 12 aliphatic carbocycles. The molecular weight excluding hydrogens is 1430 g/mol. The van der Waals surface area contributed by atoms with Gasteiger partial charge in [-0.1, -0.05) is 222 Å². The molecule has 0 aromatic carbocycles. The Kier molecular flexibility index (Phi) is 29.6. The number of halogens is 4. The molecule has 0 aliphatic heterocycles. The highest BCUT2D eigenvalue weighted by Gasteiger charge is 2.80. The van der Waals surface area contributed by atoms with Gasteiger partial charge in [-0.15, -0.1) is 34.8 Å². The van der Waals surface area contributed by atoms with Gasteiger partial charge in [-0.05, 0) is 113 Å². The van der Waals surface area contributed by atoms with Gasteiger partial charge in [0.25, 0.3) is 0 Å². The van der Waals surface area contributed by atoms with E-state index >= 15 is 4.39 Å². The van der Waals surface area contributed by atoms with E-state index in [1.54, 1.807) is 27.7 Å². The molecule has 16 nitrogen and oxygen atoms in total. The second-order valence-electron chi connectivity index (χ2n) is 34.8. The van der Waals surface area contributed by atoms with Crippen molar-refractivity contribution in [3.8, 4) is 0 Å². The van der Waals surface area contributed by atoms with Gasteiger partial charge in [0.05, 0.1) is 18.3 Å². The van der Waals surface area contributed by atoms with Crippen LogP contribution in [-0.4, -0.2) is 143 Å². The molecule has 27 atom stereocenters. The van der Waals surface area contributed by atoms with E-state index in [1.807, 2.05) is 66.7 Å². The van der Waals surface area contributed by atoms with Crippen molar-refractivity contribution in [2.75, 3.05) is 19.8 Å². The third-order valence-corrected chi connectivity index (χ3v) is 29.6. The van der Waals surface area contributed by atoms with Crippen LogP contribution in [0, 0.1) is 97.6 Å². The first-order chi connectivity index (χ1) is 50.1. The Hall–Kier alpha value is -4.07. The van der Waals surface area contributed by atoms with Crippen LogP contribution in [0.5, 0.6) is 0 Å². The van der Waals surface area contributed by atoms with Crippen LogP contribution >= 0.6 is 34.8 Å². The minimum atomic E-state index is -2.01. The minimum Gasteiger partial charge on any atom is -0.457 e. The van der Waals surface area contributed by atoms with Gasteiger partial charge in [0.2, 0.25) is 11.6 Å². The smallest absolute Gasteiger partial charge is 0.306 e. The molecule has 0 aromatic rings. The van der Waals surface area contributed by atoms with Crippen molar-refractivity contribution >= 4 is 76.0 Å². The monoisotopic (exact) mass is 1560 g/mol. The van der Waals surface area contributed by atoms with Crippen LogP contribution in [0.2, 0.25) is 0 Å². The number of Topliss-reactive ketones (excluding diaryl/α,β-unsaturated/α-hetero) is 3. The third kappa shape index (κ3) is 15.0. The SMILES string of the molecule is CCC.CCC.CCC.CCC(=O)OCC(=O)[C@@]1(OC(=O)CC)[C@H](C)C[C@H]2[C@@H]3[C@H](Cl)CC4=CC=CC[C@]4(C)[C@@]3(F)[C@@H](O)C[C@@]21C.CCC(=O)OCC(=O)[C@@]1(OC(=O)CC)[C@H](C)C[C@H]2[C@H]3[C@H]([C@@H](O)C[C@@]21C)[C@@]1(C)C=CCC=C1C[C@H]3Cl.C[C@@H]1C[C@H]2[C@H]3[C@H]([C@@H](O)C[C@]2(C)[C@@]1(O)C(=O)CO)[C@@]1(C)C=CCC=C1C[C@H]3Cl. The van der Waals surface area contributed by atoms with Crippen molar-refractivity contribution in [1.29, 1.82) is 0 Å². The summed E-state index contributed by atoms with van der Waals surface area (Å²) in [5.41, 5.74) is -7.45. The summed E-state index contributed by atoms with van der Waals surface area (Å²) >= 11 is 21.0. The van der Waals surface area contributed by atoms with Gasteiger partial charge in [-0.2, -0.15) is 0 Å². The zero-order chi connectivity index (χ0) is 80.3. The minimum absolute atomic E-state index is 0.0200. The van der Waals surface area contributed by atoms with Crippen LogP contribution in [0.3, 0.4) is 0 Å². The number of hydrogen-bond acceptors (Lipinski definition) is 16. The Labute approximate surface area is 654 Å². The Bertz CT molecular complexity index is 3420. The summed E-state index contributed by atoms with van der Waals surface area (Å²) in [4.78, 5) is 89.4. The lowest BCUT2D eigenvalue weighted by Crippen LogP contribution is -2.72. The maximum atomic E-state index is 17.5. The maximum absolute atomic E-state index is 17.5. The largest absolute Gasteiger partial charge is 0.457 e. The van der Waals surface area contributed by atoms with Crippen molar-refractivity contribution in [3.63, 3.8) is 0 Å². The number of allylic oxidation sites excluding steroid dienone is 12. The molecule has 12 rings (SSSR count). The Morgan fingerprint density at radius 1 is 0.505 bits per heavy atom. The number of ether oxygens (including phenoxy) is 4. The van der Waals surface area contributed by atoms with Crippen LogP contribution in [0.1, 0.15) is 254 Å². The van der Waals surface area contributed by atoms with Crippen molar-refractivity contribution in [3.05, 3.63) is 71.4 Å². The van der Waals surface area contributed by atoms with E-state index in [2.05, 4.69) is 91.8 Å². The predicted octanol–water partition coefficient (Wildman–Crippen LogP) is 16.7. The lowest BCUT2D eigenvalue weighted by atomic mass is 9.44. The topological polar surface area (TPSA) is 258 Å². The molecule has 0 aromatic heterocycles. The molecule has 5 N–H and O–H groups in total. The number of hydrogen-bond donors (Lipinski definition) is 5. The highest BCUT2D eigenvalue weighted by molar-refractivity contribution is 6.22. The molecule has 0 radical (unpaired) electrons. The molecule has 9 saturated carbocycles. The number of aliphatic hydroxyl groups excluding tert-OH is 4. The third-order valence-electron chi connectivity index (χ3n) is 28.3. The predicted molar refractivity (Wildman–Crippen MR) is 418 cm³/mol. The summed E-state index contributed by atoms with van der Waals surface area (Å²) in [7, 11) is 0.